The van der Waals surface area contributed by atoms with Crippen molar-refractivity contribution in [3.8, 4) is 0 Å². The summed E-state index contributed by atoms with van der Waals surface area (Å²) in [7, 11) is 1.66. The molecule has 2 saturated heterocycles. The van der Waals surface area contributed by atoms with Crippen LogP contribution in [0.4, 0.5) is 10.1 Å². The quantitative estimate of drug-likeness (QED) is 0.796. The number of hydrogen-bond acceptors (Lipinski definition) is 5. The lowest BCUT2D eigenvalue weighted by Gasteiger charge is -2.35. The number of amides is 2. The molecule has 2 atom stereocenters. The SMILES string of the molecule is COC[C@H]1CN(c2ccc(C3CCC(=O)NC3=O)c(F)c2)CCN1. The van der Waals surface area contributed by atoms with Crippen molar-refractivity contribution in [3.63, 3.8) is 0 Å². The van der Waals surface area contributed by atoms with Crippen LogP contribution in [0.25, 0.3) is 0 Å². The molecule has 130 valence electrons. The van der Waals surface area contributed by atoms with E-state index in [1.165, 1.54) is 6.07 Å². The maximum Gasteiger partial charge on any atom is 0.234 e. The predicted octanol–water partition coefficient (Wildman–Crippen LogP) is 0.771. The number of benzene rings is 1. The van der Waals surface area contributed by atoms with Gasteiger partial charge in [0.15, 0.2) is 0 Å². The van der Waals surface area contributed by atoms with Gasteiger partial charge in [0, 0.05) is 50.5 Å². The number of imide groups is 1. The van der Waals surface area contributed by atoms with Crippen LogP contribution in [0, 0.1) is 5.82 Å². The Morgan fingerprint density at radius 3 is 2.92 bits per heavy atom. The molecule has 1 unspecified atom stereocenters. The van der Waals surface area contributed by atoms with E-state index in [2.05, 4.69) is 15.5 Å². The highest BCUT2D eigenvalue weighted by Gasteiger charge is 2.30. The number of carbonyl (C=O) groups is 2. The highest BCUT2D eigenvalue weighted by atomic mass is 19.1. The number of anilines is 1. The van der Waals surface area contributed by atoms with E-state index in [9.17, 15) is 14.0 Å². The molecule has 0 radical (unpaired) electrons. The lowest BCUT2D eigenvalue weighted by Crippen LogP contribution is -2.52. The number of halogens is 1. The summed E-state index contributed by atoms with van der Waals surface area (Å²) in [5, 5.41) is 5.64. The molecule has 2 heterocycles. The first-order chi connectivity index (χ1) is 11.6. The van der Waals surface area contributed by atoms with Gasteiger partial charge in [-0.2, -0.15) is 0 Å². The molecule has 2 amide bonds. The van der Waals surface area contributed by atoms with Gasteiger partial charge in [-0.05, 0) is 18.6 Å². The molecule has 3 rings (SSSR count). The number of nitrogens with zero attached hydrogens (tertiary/aromatic N) is 1. The fourth-order valence-electron chi connectivity index (χ4n) is 3.36. The van der Waals surface area contributed by atoms with E-state index in [0.717, 1.165) is 25.3 Å². The average Bonchev–Trinajstić information content (AvgIpc) is 2.56. The smallest absolute Gasteiger partial charge is 0.234 e. The van der Waals surface area contributed by atoms with Crippen molar-refractivity contribution in [2.45, 2.75) is 24.8 Å². The molecule has 0 aromatic heterocycles. The number of piperidine rings is 1. The Balaban J connectivity index is 1.75. The Morgan fingerprint density at radius 2 is 2.21 bits per heavy atom. The average molecular weight is 335 g/mol. The summed E-state index contributed by atoms with van der Waals surface area (Å²) in [6, 6.07) is 5.20. The van der Waals surface area contributed by atoms with Crippen LogP contribution in [0.2, 0.25) is 0 Å². The summed E-state index contributed by atoms with van der Waals surface area (Å²) in [4.78, 5) is 25.3. The number of rotatable bonds is 4. The third kappa shape index (κ3) is 3.57. The van der Waals surface area contributed by atoms with Crippen molar-refractivity contribution in [1.29, 1.82) is 0 Å². The van der Waals surface area contributed by atoms with Gasteiger partial charge in [0.05, 0.1) is 12.5 Å². The molecular weight excluding hydrogens is 313 g/mol. The maximum atomic E-state index is 14.6. The number of piperazine rings is 1. The van der Waals surface area contributed by atoms with Crippen LogP contribution in [0.15, 0.2) is 18.2 Å². The monoisotopic (exact) mass is 335 g/mol. The number of ether oxygens (including phenoxy) is 1. The Kier molecular flexibility index (Phi) is 5.11. The zero-order valence-electron chi connectivity index (χ0n) is 13.7. The highest BCUT2D eigenvalue weighted by Crippen LogP contribution is 2.29. The van der Waals surface area contributed by atoms with Gasteiger partial charge < -0.3 is 15.0 Å². The highest BCUT2D eigenvalue weighted by molar-refractivity contribution is 6.00. The molecule has 2 fully saturated rings. The van der Waals surface area contributed by atoms with E-state index in [1.807, 2.05) is 6.07 Å². The zero-order chi connectivity index (χ0) is 17.1. The number of methoxy groups -OCH3 is 1. The third-order valence-corrected chi connectivity index (χ3v) is 4.59. The van der Waals surface area contributed by atoms with Gasteiger partial charge in [0.25, 0.3) is 0 Å². The van der Waals surface area contributed by atoms with Crippen LogP contribution in [-0.4, -0.2) is 51.2 Å². The molecule has 24 heavy (non-hydrogen) atoms. The summed E-state index contributed by atoms with van der Waals surface area (Å²) in [6.45, 7) is 2.94. The lowest BCUT2D eigenvalue weighted by molar-refractivity contribution is -0.134. The van der Waals surface area contributed by atoms with Gasteiger partial charge in [-0.1, -0.05) is 6.07 Å². The van der Waals surface area contributed by atoms with E-state index in [-0.39, 0.29) is 18.4 Å². The minimum atomic E-state index is -0.596. The summed E-state index contributed by atoms with van der Waals surface area (Å²) in [6.07, 6.45) is 0.596. The van der Waals surface area contributed by atoms with E-state index in [1.54, 1.807) is 13.2 Å². The van der Waals surface area contributed by atoms with Gasteiger partial charge >= 0.3 is 0 Å². The Morgan fingerprint density at radius 1 is 1.38 bits per heavy atom. The molecule has 1 aromatic rings. The third-order valence-electron chi connectivity index (χ3n) is 4.59. The standard InChI is InChI=1S/C17H22FN3O3/c1-24-10-11-9-21(7-6-19-11)12-2-3-13(15(18)8-12)14-4-5-16(22)20-17(14)23/h2-3,8,11,14,19H,4-7,9-10H2,1H3,(H,20,22,23)/t11-,14?/m1/s1. The normalized spacial score (nSPS) is 24.8. The molecule has 1 aromatic carbocycles. The zero-order valence-corrected chi connectivity index (χ0v) is 13.7. The van der Waals surface area contributed by atoms with Crippen LogP contribution in [-0.2, 0) is 14.3 Å². The summed E-state index contributed by atoms with van der Waals surface area (Å²) >= 11 is 0. The van der Waals surface area contributed by atoms with Crippen LogP contribution in [0.5, 0.6) is 0 Å². The summed E-state index contributed by atoms with van der Waals surface area (Å²) < 4.78 is 19.7. The molecule has 6 nitrogen and oxygen atoms in total. The Bertz CT molecular complexity index is 636. The maximum absolute atomic E-state index is 14.6. The number of carbonyl (C=O) groups excluding carboxylic acids is 2. The lowest BCUT2D eigenvalue weighted by atomic mass is 9.90. The summed E-state index contributed by atoms with van der Waals surface area (Å²) in [5.41, 5.74) is 1.15. The molecule has 0 spiro atoms. The minimum Gasteiger partial charge on any atom is -0.383 e. The molecule has 0 bridgehead atoms. The van der Waals surface area contributed by atoms with Crippen molar-refractivity contribution in [2.24, 2.45) is 0 Å². The van der Waals surface area contributed by atoms with Gasteiger partial charge in [0.2, 0.25) is 11.8 Å². The van der Waals surface area contributed by atoms with E-state index < -0.39 is 17.6 Å². The van der Waals surface area contributed by atoms with Crippen LogP contribution >= 0.6 is 0 Å². The Labute approximate surface area is 140 Å². The van der Waals surface area contributed by atoms with Gasteiger partial charge in [-0.3, -0.25) is 14.9 Å². The Hall–Kier alpha value is -1.99. The first-order valence-electron chi connectivity index (χ1n) is 8.19. The van der Waals surface area contributed by atoms with Crippen molar-refractivity contribution in [2.75, 3.05) is 38.3 Å². The van der Waals surface area contributed by atoms with Crippen LogP contribution in [0.1, 0.15) is 24.3 Å². The second-order valence-electron chi connectivity index (χ2n) is 6.26. The summed E-state index contributed by atoms with van der Waals surface area (Å²) in [5.74, 6) is -1.71. The molecule has 2 aliphatic heterocycles. The first kappa shape index (κ1) is 16.9. The number of hydrogen-bond donors (Lipinski definition) is 2. The van der Waals surface area contributed by atoms with E-state index in [0.29, 0.717) is 18.6 Å². The fraction of sp³-hybridized carbons (Fsp3) is 0.529. The second-order valence-corrected chi connectivity index (χ2v) is 6.26. The van der Waals surface area contributed by atoms with E-state index >= 15 is 0 Å². The molecule has 2 N–H and O–H groups in total. The van der Waals surface area contributed by atoms with Crippen LogP contribution in [0.3, 0.4) is 0 Å². The van der Waals surface area contributed by atoms with Crippen LogP contribution < -0.4 is 15.5 Å². The largest absolute Gasteiger partial charge is 0.383 e. The van der Waals surface area contributed by atoms with Crippen molar-refractivity contribution < 1.29 is 18.7 Å². The second kappa shape index (κ2) is 7.27. The molecule has 0 aliphatic carbocycles. The van der Waals surface area contributed by atoms with Gasteiger partial charge in [0.1, 0.15) is 5.82 Å². The van der Waals surface area contributed by atoms with Gasteiger partial charge in [-0.15, -0.1) is 0 Å². The fourth-order valence-corrected chi connectivity index (χ4v) is 3.36. The molecular formula is C17H22FN3O3. The molecule has 0 saturated carbocycles. The first-order valence-corrected chi connectivity index (χ1v) is 8.19. The topological polar surface area (TPSA) is 70.7 Å². The number of nitrogens with one attached hydrogen (secondary N) is 2. The molecule has 2 aliphatic rings. The van der Waals surface area contributed by atoms with Crippen molar-refractivity contribution in [1.82, 2.24) is 10.6 Å². The van der Waals surface area contributed by atoms with Gasteiger partial charge in [-0.25, -0.2) is 4.39 Å². The predicted molar refractivity (Wildman–Crippen MR) is 87.4 cm³/mol. The van der Waals surface area contributed by atoms with Crippen molar-refractivity contribution >= 4 is 17.5 Å². The minimum absolute atomic E-state index is 0.210. The van der Waals surface area contributed by atoms with E-state index in [4.69, 9.17) is 4.74 Å². The molecule has 7 heteroatoms. The van der Waals surface area contributed by atoms with Crippen molar-refractivity contribution in [3.05, 3.63) is 29.6 Å².